The Kier molecular flexibility index (Phi) is 3.50. The van der Waals surface area contributed by atoms with Crippen LogP contribution in [0.4, 0.5) is 0 Å². The number of nitrogens with one attached hydrogen (secondary N) is 1. The quantitative estimate of drug-likeness (QED) is 0.833. The number of nitrogens with zero attached hydrogens (tertiary/aromatic N) is 3. The Morgan fingerprint density at radius 2 is 2.35 bits per heavy atom. The molecule has 0 spiro atoms. The number of aromatic amines is 1. The molecule has 1 aromatic heterocycles. The third-order valence-corrected chi connectivity index (χ3v) is 4.84. The van der Waals surface area contributed by atoms with Crippen LogP contribution in [0.15, 0.2) is 17.3 Å². The molecule has 0 aliphatic carbocycles. The SMILES string of the molecule is CN(C)CC1CCCN1S(=O)(=O)c1ccn[nH]1. The summed E-state index contributed by atoms with van der Waals surface area (Å²) in [5.41, 5.74) is 0. The molecule has 1 fully saturated rings. The molecule has 0 saturated carbocycles. The summed E-state index contributed by atoms with van der Waals surface area (Å²) in [6.07, 6.45) is 3.31. The highest BCUT2D eigenvalue weighted by atomic mass is 32.2. The number of hydrogen-bond acceptors (Lipinski definition) is 4. The van der Waals surface area contributed by atoms with Crippen molar-refractivity contribution in [3.63, 3.8) is 0 Å². The normalized spacial score (nSPS) is 22.4. The van der Waals surface area contributed by atoms with Gasteiger partial charge in [-0.3, -0.25) is 5.10 Å². The van der Waals surface area contributed by atoms with Crippen molar-refractivity contribution >= 4 is 10.0 Å². The number of hydrogen-bond donors (Lipinski definition) is 1. The molecule has 1 aromatic rings. The molecule has 17 heavy (non-hydrogen) atoms. The maximum Gasteiger partial charge on any atom is 0.260 e. The van der Waals surface area contributed by atoms with Crippen molar-refractivity contribution < 1.29 is 8.42 Å². The van der Waals surface area contributed by atoms with E-state index in [0.717, 1.165) is 19.4 Å². The Labute approximate surface area is 102 Å². The molecule has 1 aliphatic heterocycles. The van der Waals surface area contributed by atoms with E-state index in [1.807, 2.05) is 19.0 Å². The van der Waals surface area contributed by atoms with Crippen LogP contribution in [-0.2, 0) is 10.0 Å². The standard InChI is InChI=1S/C10H18N4O2S/c1-13(2)8-9-4-3-7-14(9)17(15,16)10-5-6-11-12-10/h5-6,9H,3-4,7-8H2,1-2H3,(H,11,12). The predicted octanol–water partition coefficient (Wildman–Crippen LogP) is 0.124. The van der Waals surface area contributed by atoms with Crippen LogP contribution < -0.4 is 0 Å². The van der Waals surface area contributed by atoms with Crippen molar-refractivity contribution in [1.29, 1.82) is 0 Å². The second kappa shape index (κ2) is 4.75. The Balaban J connectivity index is 2.21. The number of H-pyrrole nitrogens is 1. The summed E-state index contributed by atoms with van der Waals surface area (Å²) >= 11 is 0. The maximum absolute atomic E-state index is 12.3. The molecule has 96 valence electrons. The van der Waals surface area contributed by atoms with E-state index in [2.05, 4.69) is 10.2 Å². The summed E-state index contributed by atoms with van der Waals surface area (Å²) in [6.45, 7) is 1.35. The van der Waals surface area contributed by atoms with Gasteiger partial charge in [0.05, 0.1) is 6.20 Å². The van der Waals surface area contributed by atoms with Gasteiger partial charge in [0.25, 0.3) is 10.0 Å². The van der Waals surface area contributed by atoms with E-state index < -0.39 is 10.0 Å². The summed E-state index contributed by atoms with van der Waals surface area (Å²) in [4.78, 5) is 2.02. The van der Waals surface area contributed by atoms with E-state index in [1.165, 1.54) is 12.3 Å². The molecule has 1 atom stereocenters. The van der Waals surface area contributed by atoms with Crippen LogP contribution >= 0.6 is 0 Å². The summed E-state index contributed by atoms with van der Waals surface area (Å²) < 4.78 is 26.2. The lowest BCUT2D eigenvalue weighted by Gasteiger charge is -2.25. The molecule has 1 saturated heterocycles. The van der Waals surface area contributed by atoms with E-state index in [0.29, 0.717) is 6.54 Å². The first kappa shape index (κ1) is 12.5. The van der Waals surface area contributed by atoms with Gasteiger partial charge < -0.3 is 4.90 Å². The van der Waals surface area contributed by atoms with Gasteiger partial charge in [0.1, 0.15) is 0 Å². The van der Waals surface area contributed by atoms with Gasteiger partial charge in [0.15, 0.2) is 5.03 Å². The van der Waals surface area contributed by atoms with Crippen molar-refractivity contribution in [1.82, 2.24) is 19.4 Å². The van der Waals surface area contributed by atoms with E-state index in [4.69, 9.17) is 0 Å². The predicted molar refractivity (Wildman–Crippen MR) is 64.1 cm³/mol. The highest BCUT2D eigenvalue weighted by Crippen LogP contribution is 2.25. The van der Waals surface area contributed by atoms with Gasteiger partial charge in [0.2, 0.25) is 0 Å². The average molecular weight is 258 g/mol. The van der Waals surface area contributed by atoms with Gasteiger partial charge in [-0.25, -0.2) is 8.42 Å². The second-order valence-electron chi connectivity index (χ2n) is 4.59. The van der Waals surface area contributed by atoms with Gasteiger partial charge in [0, 0.05) is 19.1 Å². The van der Waals surface area contributed by atoms with Gasteiger partial charge >= 0.3 is 0 Å². The van der Waals surface area contributed by atoms with Gasteiger partial charge in [-0.1, -0.05) is 0 Å². The van der Waals surface area contributed by atoms with Crippen molar-refractivity contribution in [2.24, 2.45) is 0 Å². The minimum absolute atomic E-state index is 0.0679. The monoisotopic (exact) mass is 258 g/mol. The fourth-order valence-corrected chi connectivity index (χ4v) is 3.83. The highest BCUT2D eigenvalue weighted by Gasteiger charge is 2.35. The number of sulfonamides is 1. The first-order valence-corrected chi connectivity index (χ1v) is 7.12. The third-order valence-electron chi connectivity index (χ3n) is 2.96. The zero-order chi connectivity index (χ0) is 12.5. The zero-order valence-electron chi connectivity index (χ0n) is 10.1. The first-order chi connectivity index (χ1) is 8.01. The zero-order valence-corrected chi connectivity index (χ0v) is 10.9. The average Bonchev–Trinajstić information content (AvgIpc) is 2.85. The molecule has 6 nitrogen and oxygen atoms in total. The van der Waals surface area contributed by atoms with Gasteiger partial charge in [-0.2, -0.15) is 9.40 Å². The Morgan fingerprint density at radius 1 is 1.59 bits per heavy atom. The Bertz CT molecular complexity index is 455. The topological polar surface area (TPSA) is 69.3 Å². The summed E-state index contributed by atoms with van der Waals surface area (Å²) in [6, 6.07) is 1.57. The minimum atomic E-state index is -3.40. The van der Waals surface area contributed by atoms with Crippen molar-refractivity contribution in [2.45, 2.75) is 23.9 Å². The van der Waals surface area contributed by atoms with Crippen LogP contribution in [0.25, 0.3) is 0 Å². The lowest BCUT2D eigenvalue weighted by molar-refractivity contribution is 0.291. The van der Waals surface area contributed by atoms with Gasteiger partial charge in [-0.15, -0.1) is 0 Å². The number of aromatic nitrogens is 2. The fourth-order valence-electron chi connectivity index (χ4n) is 2.24. The van der Waals surface area contributed by atoms with Crippen molar-refractivity contribution in [3.8, 4) is 0 Å². The van der Waals surface area contributed by atoms with E-state index in [-0.39, 0.29) is 11.1 Å². The van der Waals surface area contributed by atoms with Crippen LogP contribution in [-0.4, -0.2) is 61.0 Å². The molecule has 2 heterocycles. The number of rotatable bonds is 4. The van der Waals surface area contributed by atoms with Crippen LogP contribution in [0.2, 0.25) is 0 Å². The lowest BCUT2D eigenvalue weighted by atomic mass is 10.2. The van der Waals surface area contributed by atoms with Crippen molar-refractivity contribution in [2.75, 3.05) is 27.2 Å². The molecular weight excluding hydrogens is 240 g/mol. The van der Waals surface area contributed by atoms with Crippen molar-refractivity contribution in [3.05, 3.63) is 12.3 Å². The molecule has 0 aromatic carbocycles. The minimum Gasteiger partial charge on any atom is -0.308 e. The summed E-state index contributed by atoms with van der Waals surface area (Å²) in [5.74, 6) is 0. The molecule has 1 unspecified atom stereocenters. The van der Waals surface area contributed by atoms with E-state index in [1.54, 1.807) is 4.31 Å². The molecule has 0 amide bonds. The second-order valence-corrected chi connectivity index (χ2v) is 6.45. The van der Waals surface area contributed by atoms with Crippen LogP contribution in [0, 0.1) is 0 Å². The summed E-state index contributed by atoms with van der Waals surface area (Å²) in [7, 11) is 0.514. The molecule has 0 radical (unpaired) electrons. The maximum atomic E-state index is 12.3. The third kappa shape index (κ3) is 2.51. The van der Waals surface area contributed by atoms with Crippen LogP contribution in [0.3, 0.4) is 0 Å². The fraction of sp³-hybridized carbons (Fsp3) is 0.700. The Morgan fingerprint density at radius 3 is 2.94 bits per heavy atom. The largest absolute Gasteiger partial charge is 0.308 e. The smallest absolute Gasteiger partial charge is 0.260 e. The van der Waals surface area contributed by atoms with E-state index in [9.17, 15) is 8.42 Å². The van der Waals surface area contributed by atoms with Crippen LogP contribution in [0.1, 0.15) is 12.8 Å². The number of likely N-dealkylation sites (N-methyl/N-ethyl adjacent to an activating group) is 1. The molecule has 0 bridgehead atoms. The molecular formula is C10H18N4O2S. The first-order valence-electron chi connectivity index (χ1n) is 5.68. The molecule has 1 aliphatic rings. The highest BCUT2D eigenvalue weighted by molar-refractivity contribution is 7.89. The Hall–Kier alpha value is -0.920. The van der Waals surface area contributed by atoms with Gasteiger partial charge in [-0.05, 0) is 33.0 Å². The van der Waals surface area contributed by atoms with E-state index >= 15 is 0 Å². The lowest BCUT2D eigenvalue weighted by Crippen LogP contribution is -2.41. The summed E-state index contributed by atoms with van der Waals surface area (Å²) in [5, 5.41) is 6.42. The molecule has 1 N–H and O–H groups in total. The van der Waals surface area contributed by atoms with Crippen LogP contribution in [0.5, 0.6) is 0 Å². The molecule has 7 heteroatoms. The molecule has 2 rings (SSSR count).